The zero-order chi connectivity index (χ0) is 14.8. The number of H-pyrrole nitrogens is 1. The van der Waals surface area contributed by atoms with E-state index in [0.717, 1.165) is 17.0 Å². The van der Waals surface area contributed by atoms with E-state index < -0.39 is 0 Å². The van der Waals surface area contributed by atoms with E-state index in [9.17, 15) is 4.79 Å². The van der Waals surface area contributed by atoms with Gasteiger partial charge in [0.1, 0.15) is 0 Å². The first kappa shape index (κ1) is 14.6. The Balaban J connectivity index is 1.76. The first-order valence-corrected chi connectivity index (χ1v) is 8.05. The Bertz CT molecular complexity index is 486. The van der Waals surface area contributed by atoms with Crippen LogP contribution in [-0.4, -0.2) is 40.8 Å². The minimum atomic E-state index is 0.0198. The Morgan fingerprint density at radius 3 is 2.81 bits per heavy atom. The summed E-state index contributed by atoms with van der Waals surface area (Å²) in [6, 6.07) is 0.0198. The third-order valence-corrected chi connectivity index (χ3v) is 4.91. The molecule has 0 bridgehead atoms. The summed E-state index contributed by atoms with van der Waals surface area (Å²) >= 11 is 0. The smallest absolute Gasteiger partial charge is 0.223 e. The molecule has 1 aromatic heterocycles. The van der Waals surface area contributed by atoms with Crippen molar-refractivity contribution < 1.29 is 9.53 Å². The molecule has 1 saturated carbocycles. The van der Waals surface area contributed by atoms with E-state index in [2.05, 4.69) is 10.2 Å². The van der Waals surface area contributed by atoms with Crippen LogP contribution in [-0.2, 0) is 9.53 Å². The van der Waals surface area contributed by atoms with Gasteiger partial charge in [0.05, 0.1) is 24.9 Å². The summed E-state index contributed by atoms with van der Waals surface area (Å²) in [7, 11) is 0. The maximum Gasteiger partial charge on any atom is 0.223 e. The third kappa shape index (κ3) is 2.98. The van der Waals surface area contributed by atoms with Crippen molar-refractivity contribution in [1.82, 2.24) is 15.1 Å². The summed E-state index contributed by atoms with van der Waals surface area (Å²) in [6.45, 7) is 5.93. The van der Waals surface area contributed by atoms with Gasteiger partial charge in [-0.3, -0.25) is 9.89 Å². The Morgan fingerprint density at radius 1 is 1.38 bits per heavy atom. The number of rotatable bonds is 3. The van der Waals surface area contributed by atoms with Gasteiger partial charge in [0.25, 0.3) is 0 Å². The van der Waals surface area contributed by atoms with Gasteiger partial charge in [-0.2, -0.15) is 5.10 Å². The summed E-state index contributed by atoms with van der Waals surface area (Å²) in [5, 5.41) is 7.29. The molecule has 1 aromatic rings. The summed E-state index contributed by atoms with van der Waals surface area (Å²) in [6.07, 6.45) is 5.69. The van der Waals surface area contributed by atoms with E-state index in [1.165, 1.54) is 25.7 Å². The number of carbonyl (C=O) groups excluding carboxylic acids is 1. The van der Waals surface area contributed by atoms with E-state index in [-0.39, 0.29) is 11.9 Å². The Hall–Kier alpha value is -1.36. The van der Waals surface area contributed by atoms with Gasteiger partial charge in [-0.1, -0.05) is 12.8 Å². The number of aromatic amines is 1. The van der Waals surface area contributed by atoms with Crippen LogP contribution in [0.2, 0.25) is 0 Å². The molecule has 1 N–H and O–H groups in total. The average Bonchev–Trinajstić information content (AvgIpc) is 3.09. The maximum absolute atomic E-state index is 12.7. The van der Waals surface area contributed by atoms with Gasteiger partial charge in [0, 0.05) is 24.2 Å². The second-order valence-electron chi connectivity index (χ2n) is 6.38. The van der Waals surface area contributed by atoms with Crippen molar-refractivity contribution in [2.75, 3.05) is 19.8 Å². The SMILES string of the molecule is Cc1n[nH]c(C)c1C1COCCN1C(=O)CC1CCCC1. The number of aryl methyl sites for hydroxylation is 2. The van der Waals surface area contributed by atoms with Gasteiger partial charge in [0.2, 0.25) is 5.91 Å². The molecule has 1 amide bonds. The van der Waals surface area contributed by atoms with Crippen LogP contribution in [0.25, 0.3) is 0 Å². The lowest BCUT2D eigenvalue weighted by atomic mass is 9.99. The number of aromatic nitrogens is 2. The molecule has 2 fully saturated rings. The van der Waals surface area contributed by atoms with E-state index in [4.69, 9.17) is 4.74 Å². The van der Waals surface area contributed by atoms with Crippen molar-refractivity contribution in [3.63, 3.8) is 0 Å². The van der Waals surface area contributed by atoms with Crippen LogP contribution >= 0.6 is 0 Å². The molecule has 1 aliphatic heterocycles. The molecule has 1 unspecified atom stereocenters. The molecule has 2 heterocycles. The predicted octanol–water partition coefficient (Wildman–Crippen LogP) is 2.51. The standard InChI is InChI=1S/C16H25N3O2/c1-11-16(12(2)18-17-11)14-10-21-8-7-19(14)15(20)9-13-5-3-4-6-13/h13-14H,3-10H2,1-2H3,(H,17,18). The van der Waals surface area contributed by atoms with Crippen molar-refractivity contribution >= 4 is 5.91 Å². The highest BCUT2D eigenvalue weighted by atomic mass is 16.5. The molecule has 1 atom stereocenters. The number of hydrogen-bond donors (Lipinski definition) is 1. The lowest BCUT2D eigenvalue weighted by Gasteiger charge is -2.36. The van der Waals surface area contributed by atoms with Crippen molar-refractivity contribution in [3.05, 3.63) is 17.0 Å². The van der Waals surface area contributed by atoms with Crippen LogP contribution in [0.15, 0.2) is 0 Å². The lowest BCUT2D eigenvalue weighted by molar-refractivity contribution is -0.141. The van der Waals surface area contributed by atoms with Crippen LogP contribution in [0.3, 0.4) is 0 Å². The van der Waals surface area contributed by atoms with E-state index in [0.29, 0.717) is 32.1 Å². The van der Waals surface area contributed by atoms with Crippen molar-refractivity contribution in [1.29, 1.82) is 0 Å². The van der Waals surface area contributed by atoms with Crippen molar-refractivity contribution in [3.8, 4) is 0 Å². The molecule has 3 rings (SSSR count). The van der Waals surface area contributed by atoms with Gasteiger partial charge < -0.3 is 9.64 Å². The fourth-order valence-electron chi connectivity index (χ4n) is 3.77. The number of amides is 1. The van der Waals surface area contributed by atoms with Gasteiger partial charge in [-0.05, 0) is 32.6 Å². The average molecular weight is 291 g/mol. The molecule has 2 aliphatic rings. The van der Waals surface area contributed by atoms with Gasteiger partial charge >= 0.3 is 0 Å². The third-order valence-electron chi connectivity index (χ3n) is 4.91. The molecular formula is C16H25N3O2. The number of nitrogens with zero attached hydrogens (tertiary/aromatic N) is 2. The fourth-order valence-corrected chi connectivity index (χ4v) is 3.77. The van der Waals surface area contributed by atoms with Gasteiger partial charge in [0.15, 0.2) is 0 Å². The van der Waals surface area contributed by atoms with Crippen molar-refractivity contribution in [2.45, 2.75) is 52.0 Å². The van der Waals surface area contributed by atoms with Gasteiger partial charge in [-0.25, -0.2) is 0 Å². The zero-order valence-electron chi connectivity index (χ0n) is 13.0. The Labute approximate surface area is 126 Å². The summed E-state index contributed by atoms with van der Waals surface area (Å²) in [5.41, 5.74) is 3.15. The topological polar surface area (TPSA) is 58.2 Å². The van der Waals surface area contributed by atoms with E-state index in [1.807, 2.05) is 18.7 Å². The van der Waals surface area contributed by atoms with Gasteiger partial charge in [-0.15, -0.1) is 0 Å². The number of hydrogen-bond acceptors (Lipinski definition) is 3. The molecule has 5 heteroatoms. The number of nitrogens with one attached hydrogen (secondary N) is 1. The summed E-state index contributed by atoms with van der Waals surface area (Å²) < 4.78 is 5.63. The van der Waals surface area contributed by atoms with Crippen molar-refractivity contribution in [2.24, 2.45) is 5.92 Å². The van der Waals surface area contributed by atoms with E-state index >= 15 is 0 Å². The van der Waals surface area contributed by atoms with Crippen LogP contribution in [0.4, 0.5) is 0 Å². The Morgan fingerprint density at radius 2 is 2.14 bits per heavy atom. The second-order valence-corrected chi connectivity index (χ2v) is 6.38. The molecule has 0 spiro atoms. The molecular weight excluding hydrogens is 266 g/mol. The minimum absolute atomic E-state index is 0.0198. The van der Waals surface area contributed by atoms with Crippen LogP contribution in [0, 0.1) is 19.8 Å². The molecule has 116 valence electrons. The number of ether oxygens (including phenoxy) is 1. The lowest BCUT2D eigenvalue weighted by Crippen LogP contribution is -2.44. The molecule has 1 aliphatic carbocycles. The Kier molecular flexibility index (Phi) is 4.29. The number of morpholine rings is 1. The van der Waals surface area contributed by atoms with Crippen LogP contribution in [0.5, 0.6) is 0 Å². The minimum Gasteiger partial charge on any atom is -0.377 e. The normalized spacial score (nSPS) is 23.7. The molecule has 0 aromatic carbocycles. The van der Waals surface area contributed by atoms with E-state index in [1.54, 1.807) is 0 Å². The highest BCUT2D eigenvalue weighted by Crippen LogP contribution is 2.32. The van der Waals surface area contributed by atoms with Crippen LogP contribution in [0.1, 0.15) is 55.1 Å². The highest BCUT2D eigenvalue weighted by Gasteiger charge is 2.33. The predicted molar refractivity (Wildman–Crippen MR) is 79.9 cm³/mol. The first-order chi connectivity index (χ1) is 10.2. The van der Waals surface area contributed by atoms with Crippen LogP contribution < -0.4 is 0 Å². The summed E-state index contributed by atoms with van der Waals surface area (Å²) in [4.78, 5) is 14.7. The largest absolute Gasteiger partial charge is 0.377 e. The summed E-state index contributed by atoms with van der Waals surface area (Å²) in [5.74, 6) is 0.878. The first-order valence-electron chi connectivity index (χ1n) is 8.05. The molecule has 1 saturated heterocycles. The zero-order valence-corrected chi connectivity index (χ0v) is 13.0. The second kappa shape index (κ2) is 6.18. The number of carbonyl (C=O) groups is 1. The highest BCUT2D eigenvalue weighted by molar-refractivity contribution is 5.77. The maximum atomic E-state index is 12.7. The molecule has 5 nitrogen and oxygen atoms in total. The quantitative estimate of drug-likeness (QED) is 0.931. The monoisotopic (exact) mass is 291 g/mol. The molecule has 21 heavy (non-hydrogen) atoms. The molecule has 0 radical (unpaired) electrons. The fraction of sp³-hybridized carbons (Fsp3) is 0.750.